The zero-order valence-corrected chi connectivity index (χ0v) is 12.0. The molecule has 0 bridgehead atoms. The van der Waals surface area contributed by atoms with Gasteiger partial charge in [-0.15, -0.1) is 0 Å². The number of thioether (sulfide) groups is 1. The first kappa shape index (κ1) is 13.6. The Labute approximate surface area is 117 Å². The van der Waals surface area contributed by atoms with E-state index in [1.807, 2.05) is 49.3 Å². The third kappa shape index (κ3) is 3.82. The van der Waals surface area contributed by atoms with Crippen LogP contribution in [0.4, 0.5) is 5.95 Å². The first-order chi connectivity index (χ1) is 9.19. The second-order valence-electron chi connectivity index (χ2n) is 3.94. The molecule has 0 aliphatic carbocycles. The lowest BCUT2D eigenvalue weighted by molar-refractivity contribution is 0.432. The van der Waals surface area contributed by atoms with E-state index in [0.717, 1.165) is 5.75 Å². The number of para-hydroxylation sites is 1. The molecule has 0 aliphatic rings. The summed E-state index contributed by atoms with van der Waals surface area (Å²) >= 11 is 1.56. The van der Waals surface area contributed by atoms with E-state index in [-0.39, 0.29) is 0 Å². The van der Waals surface area contributed by atoms with Gasteiger partial charge in [-0.1, -0.05) is 36.9 Å². The number of hydrogen-bond acceptors (Lipinski definition) is 6. The molecule has 1 aromatic heterocycles. The van der Waals surface area contributed by atoms with Crippen molar-refractivity contribution in [1.29, 1.82) is 0 Å². The Morgan fingerprint density at radius 2 is 1.84 bits per heavy atom. The third-order valence-corrected chi connectivity index (χ3v) is 2.94. The predicted molar refractivity (Wildman–Crippen MR) is 77.1 cm³/mol. The summed E-state index contributed by atoms with van der Waals surface area (Å²) in [5.41, 5.74) is 0. The Morgan fingerprint density at radius 1 is 1.11 bits per heavy atom. The van der Waals surface area contributed by atoms with E-state index in [0.29, 0.717) is 22.9 Å². The fourth-order valence-corrected chi connectivity index (χ4v) is 1.91. The van der Waals surface area contributed by atoms with E-state index < -0.39 is 0 Å². The number of hydrogen-bond donors (Lipinski definition) is 0. The standard InChI is InChI=1S/C13H16N4OS/c1-4-19-13-15-11(17(2)3)14-12(16-13)18-10-8-6-5-7-9-10/h5-9H,4H2,1-3H3. The Morgan fingerprint density at radius 3 is 2.47 bits per heavy atom. The van der Waals surface area contributed by atoms with Gasteiger partial charge in [0.25, 0.3) is 0 Å². The minimum Gasteiger partial charge on any atom is -0.424 e. The van der Waals surface area contributed by atoms with Crippen LogP contribution in [0.2, 0.25) is 0 Å². The molecule has 0 aliphatic heterocycles. The number of anilines is 1. The molecule has 6 heteroatoms. The topological polar surface area (TPSA) is 51.1 Å². The molecule has 100 valence electrons. The van der Waals surface area contributed by atoms with Crippen LogP contribution in [0.25, 0.3) is 0 Å². The van der Waals surface area contributed by atoms with Crippen LogP contribution in [-0.4, -0.2) is 34.8 Å². The lowest BCUT2D eigenvalue weighted by Gasteiger charge is -2.12. The highest BCUT2D eigenvalue weighted by molar-refractivity contribution is 7.99. The van der Waals surface area contributed by atoms with E-state index in [9.17, 15) is 0 Å². The second kappa shape index (κ2) is 6.38. The van der Waals surface area contributed by atoms with Crippen LogP contribution in [0, 0.1) is 0 Å². The first-order valence-electron chi connectivity index (χ1n) is 5.98. The molecule has 0 amide bonds. The van der Waals surface area contributed by atoms with Gasteiger partial charge in [0.05, 0.1) is 0 Å². The number of ether oxygens (including phenoxy) is 1. The molecule has 0 fully saturated rings. The van der Waals surface area contributed by atoms with Gasteiger partial charge in [-0.2, -0.15) is 15.0 Å². The summed E-state index contributed by atoms with van der Waals surface area (Å²) in [6.45, 7) is 2.06. The van der Waals surface area contributed by atoms with Crippen molar-refractivity contribution in [2.24, 2.45) is 0 Å². The highest BCUT2D eigenvalue weighted by Crippen LogP contribution is 2.22. The van der Waals surface area contributed by atoms with Crippen LogP contribution in [0.3, 0.4) is 0 Å². The van der Waals surface area contributed by atoms with Crippen LogP contribution in [-0.2, 0) is 0 Å². The average Bonchev–Trinajstić information content (AvgIpc) is 2.40. The van der Waals surface area contributed by atoms with Crippen LogP contribution in [0.15, 0.2) is 35.5 Å². The van der Waals surface area contributed by atoms with Crippen LogP contribution >= 0.6 is 11.8 Å². The third-order valence-electron chi connectivity index (χ3n) is 2.21. The molecule has 1 heterocycles. The average molecular weight is 276 g/mol. The van der Waals surface area contributed by atoms with Gasteiger partial charge in [-0.25, -0.2) is 0 Å². The van der Waals surface area contributed by atoms with Crippen molar-refractivity contribution < 1.29 is 4.74 Å². The quantitative estimate of drug-likeness (QED) is 0.783. The fraction of sp³-hybridized carbons (Fsp3) is 0.308. The first-order valence-corrected chi connectivity index (χ1v) is 6.96. The van der Waals surface area contributed by atoms with Crippen LogP contribution in [0.1, 0.15) is 6.92 Å². The van der Waals surface area contributed by atoms with Gasteiger partial charge in [-0.3, -0.25) is 0 Å². The summed E-state index contributed by atoms with van der Waals surface area (Å²) in [6, 6.07) is 9.80. The number of rotatable bonds is 5. The molecular formula is C13H16N4OS. The van der Waals surface area contributed by atoms with Crippen LogP contribution in [0.5, 0.6) is 11.8 Å². The fourth-order valence-electron chi connectivity index (χ4n) is 1.36. The molecule has 1 aromatic carbocycles. The molecule has 2 aromatic rings. The molecule has 0 unspecified atom stereocenters. The Bertz CT molecular complexity index is 533. The van der Waals surface area contributed by atoms with Crippen molar-refractivity contribution in [3.05, 3.63) is 30.3 Å². The molecule has 19 heavy (non-hydrogen) atoms. The van der Waals surface area contributed by atoms with Gasteiger partial charge in [0.2, 0.25) is 5.95 Å². The van der Waals surface area contributed by atoms with E-state index in [1.54, 1.807) is 11.8 Å². The SMILES string of the molecule is CCSc1nc(Oc2ccccc2)nc(N(C)C)n1. The summed E-state index contributed by atoms with van der Waals surface area (Å²) in [5.74, 6) is 2.21. The van der Waals surface area contributed by atoms with Crippen molar-refractivity contribution in [3.63, 3.8) is 0 Å². The normalized spacial score (nSPS) is 10.3. The van der Waals surface area contributed by atoms with Crippen molar-refractivity contribution in [2.75, 3.05) is 24.7 Å². The summed E-state index contributed by atoms with van der Waals surface area (Å²) in [5, 5.41) is 0.673. The van der Waals surface area contributed by atoms with Gasteiger partial charge < -0.3 is 9.64 Å². The smallest absolute Gasteiger partial charge is 0.327 e. The van der Waals surface area contributed by atoms with E-state index in [1.165, 1.54) is 0 Å². The number of nitrogens with zero attached hydrogens (tertiary/aromatic N) is 4. The molecule has 0 atom stereocenters. The van der Waals surface area contributed by atoms with Crippen molar-refractivity contribution >= 4 is 17.7 Å². The Balaban J connectivity index is 2.28. The van der Waals surface area contributed by atoms with E-state index in [2.05, 4.69) is 21.9 Å². The number of aromatic nitrogens is 3. The zero-order valence-electron chi connectivity index (χ0n) is 11.2. The lowest BCUT2D eigenvalue weighted by Crippen LogP contribution is -2.14. The minimum atomic E-state index is 0.320. The van der Waals surface area contributed by atoms with Crippen molar-refractivity contribution in [1.82, 2.24) is 15.0 Å². The highest BCUT2D eigenvalue weighted by Gasteiger charge is 2.09. The highest BCUT2D eigenvalue weighted by atomic mass is 32.2. The minimum absolute atomic E-state index is 0.320. The van der Waals surface area contributed by atoms with Crippen molar-refractivity contribution in [3.8, 4) is 11.8 Å². The summed E-state index contributed by atoms with van der Waals surface area (Å²) in [7, 11) is 3.78. The predicted octanol–water partition coefficient (Wildman–Crippen LogP) is 2.84. The van der Waals surface area contributed by atoms with E-state index in [4.69, 9.17) is 4.74 Å². The largest absolute Gasteiger partial charge is 0.424 e. The van der Waals surface area contributed by atoms with Gasteiger partial charge >= 0.3 is 6.01 Å². The summed E-state index contributed by atoms with van der Waals surface area (Å²) in [6.07, 6.45) is 0. The van der Waals surface area contributed by atoms with Crippen LogP contribution < -0.4 is 9.64 Å². The molecule has 0 saturated carbocycles. The maximum absolute atomic E-state index is 5.65. The molecule has 0 N–H and O–H groups in total. The van der Waals surface area contributed by atoms with Gasteiger partial charge in [0, 0.05) is 14.1 Å². The summed E-state index contributed by atoms with van der Waals surface area (Å²) < 4.78 is 5.65. The van der Waals surface area contributed by atoms with E-state index >= 15 is 0 Å². The summed E-state index contributed by atoms with van der Waals surface area (Å²) in [4.78, 5) is 14.8. The lowest BCUT2D eigenvalue weighted by atomic mass is 10.3. The monoisotopic (exact) mass is 276 g/mol. The van der Waals surface area contributed by atoms with Gasteiger partial charge in [0.1, 0.15) is 5.75 Å². The molecular weight excluding hydrogens is 260 g/mol. The van der Waals surface area contributed by atoms with Gasteiger partial charge in [-0.05, 0) is 17.9 Å². The molecule has 5 nitrogen and oxygen atoms in total. The second-order valence-corrected chi connectivity index (χ2v) is 5.17. The molecule has 2 rings (SSSR count). The zero-order chi connectivity index (χ0) is 13.7. The molecule has 0 spiro atoms. The maximum Gasteiger partial charge on any atom is 0.327 e. The molecule has 0 radical (unpaired) electrons. The Hall–Kier alpha value is -1.82. The van der Waals surface area contributed by atoms with Gasteiger partial charge in [0.15, 0.2) is 5.16 Å². The van der Waals surface area contributed by atoms with Crippen molar-refractivity contribution in [2.45, 2.75) is 12.1 Å². The molecule has 0 saturated heterocycles. The Kier molecular flexibility index (Phi) is 4.57. The number of benzene rings is 1. The maximum atomic E-state index is 5.65.